The molecule has 0 aliphatic heterocycles. The van der Waals surface area contributed by atoms with Gasteiger partial charge in [-0.3, -0.25) is 19.8 Å². The largest absolute Gasteiger partial charge is 0.386 e. The molecule has 3 rings (SSSR count). The summed E-state index contributed by atoms with van der Waals surface area (Å²) < 4.78 is 2.64. The average molecular weight is 402 g/mol. The number of benzene rings is 1. The zero-order valence-corrected chi connectivity index (χ0v) is 16.2. The predicted molar refractivity (Wildman–Crippen MR) is 110 cm³/mol. The highest BCUT2D eigenvalue weighted by Gasteiger charge is 2.12. The lowest BCUT2D eigenvalue weighted by Gasteiger charge is -2.12. The van der Waals surface area contributed by atoms with E-state index in [0.29, 0.717) is 25.6 Å². The first-order chi connectivity index (χ1) is 13.6. The van der Waals surface area contributed by atoms with E-state index >= 15 is 0 Å². The highest BCUT2D eigenvalue weighted by atomic mass is 32.1. The molecule has 0 bridgehead atoms. The molecule has 2 aromatic heterocycles. The van der Waals surface area contributed by atoms with Gasteiger partial charge in [0.2, 0.25) is 0 Å². The number of guanidine groups is 1. The highest BCUT2D eigenvalue weighted by molar-refractivity contribution is 7.19. The van der Waals surface area contributed by atoms with Crippen LogP contribution in [0.5, 0.6) is 0 Å². The number of aliphatic hydroxyl groups excluding tert-OH is 1. The minimum absolute atomic E-state index is 0.0352. The Labute approximate surface area is 165 Å². The molecule has 28 heavy (non-hydrogen) atoms. The summed E-state index contributed by atoms with van der Waals surface area (Å²) in [7, 11) is 0. The van der Waals surface area contributed by atoms with E-state index in [9.17, 15) is 15.2 Å². The Bertz CT molecular complexity index is 934. The first-order valence-electron chi connectivity index (χ1n) is 8.92. The van der Waals surface area contributed by atoms with Crippen molar-refractivity contribution in [2.24, 2.45) is 4.99 Å². The lowest BCUT2D eigenvalue weighted by atomic mass is 10.2. The van der Waals surface area contributed by atoms with Crippen molar-refractivity contribution >= 4 is 33.1 Å². The Hall–Kier alpha value is -2.98. The van der Waals surface area contributed by atoms with Crippen LogP contribution in [0, 0.1) is 10.1 Å². The number of aromatic nitrogens is 2. The summed E-state index contributed by atoms with van der Waals surface area (Å²) in [4.78, 5) is 15.5. The van der Waals surface area contributed by atoms with Gasteiger partial charge in [0.25, 0.3) is 0 Å². The van der Waals surface area contributed by atoms with Crippen LogP contribution < -0.4 is 10.6 Å². The van der Waals surface area contributed by atoms with Crippen molar-refractivity contribution in [3.8, 4) is 0 Å². The molecule has 10 heteroatoms. The Balaban J connectivity index is 1.55. The average Bonchev–Trinajstić information content (AvgIpc) is 3.32. The van der Waals surface area contributed by atoms with Crippen molar-refractivity contribution in [1.82, 2.24) is 20.4 Å². The maximum absolute atomic E-state index is 10.7. The van der Waals surface area contributed by atoms with Gasteiger partial charge in [-0.05, 0) is 24.4 Å². The number of rotatable bonds is 8. The third-order valence-electron chi connectivity index (χ3n) is 4.00. The molecule has 1 unspecified atom stereocenters. The summed E-state index contributed by atoms with van der Waals surface area (Å²) in [5.41, 5.74) is -0.0352. The Morgan fingerprint density at radius 1 is 1.43 bits per heavy atom. The molecular formula is C18H22N6O3S. The molecule has 0 saturated carbocycles. The fourth-order valence-electron chi connectivity index (χ4n) is 2.63. The molecule has 0 aliphatic rings. The van der Waals surface area contributed by atoms with Gasteiger partial charge < -0.3 is 15.7 Å². The molecule has 3 N–H and O–H groups in total. The van der Waals surface area contributed by atoms with E-state index in [0.717, 1.165) is 15.0 Å². The smallest absolute Gasteiger partial charge is 0.306 e. The van der Waals surface area contributed by atoms with E-state index in [2.05, 4.69) is 20.7 Å². The monoisotopic (exact) mass is 402 g/mol. The topological polar surface area (TPSA) is 118 Å². The van der Waals surface area contributed by atoms with Crippen LogP contribution in [0.1, 0.15) is 17.9 Å². The van der Waals surface area contributed by atoms with Gasteiger partial charge in [-0.25, -0.2) is 0 Å². The van der Waals surface area contributed by atoms with Crippen molar-refractivity contribution in [3.63, 3.8) is 0 Å². The van der Waals surface area contributed by atoms with E-state index < -0.39 is 11.0 Å². The normalized spacial score (nSPS) is 12.9. The standard InChI is InChI=1S/C18H22N6O3S/c1-2-19-18(20-7-8-23-12-14(10-22-23)24(26)27)21-11-15(25)17-9-13-5-3-4-6-16(13)28-17/h3-6,9-10,12,15,25H,2,7-8,11H2,1H3,(H2,19,20,21). The first-order valence-corrected chi connectivity index (χ1v) is 9.74. The fraction of sp³-hybridized carbons (Fsp3) is 0.333. The van der Waals surface area contributed by atoms with Gasteiger partial charge >= 0.3 is 5.69 Å². The van der Waals surface area contributed by atoms with Crippen LogP contribution in [-0.2, 0) is 6.54 Å². The number of nitro groups is 1. The number of fused-ring (bicyclic) bond motifs is 1. The van der Waals surface area contributed by atoms with Gasteiger partial charge in [-0.1, -0.05) is 18.2 Å². The lowest BCUT2D eigenvalue weighted by Crippen LogP contribution is -2.39. The molecule has 0 spiro atoms. The molecule has 1 atom stereocenters. The number of aliphatic hydroxyl groups is 1. The van der Waals surface area contributed by atoms with Gasteiger partial charge in [-0.2, -0.15) is 5.10 Å². The quantitative estimate of drug-likeness (QED) is 0.230. The third kappa shape index (κ3) is 5.05. The number of nitrogens with zero attached hydrogens (tertiary/aromatic N) is 4. The molecule has 0 saturated heterocycles. The summed E-state index contributed by atoms with van der Waals surface area (Å²) >= 11 is 1.56. The molecule has 0 radical (unpaired) electrons. The highest BCUT2D eigenvalue weighted by Crippen LogP contribution is 2.29. The number of hydrogen-bond acceptors (Lipinski definition) is 6. The van der Waals surface area contributed by atoms with E-state index in [1.54, 1.807) is 11.3 Å². The van der Waals surface area contributed by atoms with Crippen LogP contribution in [0.3, 0.4) is 0 Å². The number of hydrogen-bond donors (Lipinski definition) is 3. The summed E-state index contributed by atoms with van der Waals surface area (Å²) in [5, 5.41) is 32.5. The zero-order valence-electron chi connectivity index (χ0n) is 15.4. The second-order valence-electron chi connectivity index (χ2n) is 6.07. The van der Waals surface area contributed by atoms with Crippen molar-refractivity contribution in [2.45, 2.75) is 19.6 Å². The van der Waals surface area contributed by atoms with E-state index in [1.807, 2.05) is 37.3 Å². The van der Waals surface area contributed by atoms with Gasteiger partial charge in [0, 0.05) is 22.7 Å². The van der Waals surface area contributed by atoms with E-state index in [-0.39, 0.29) is 12.2 Å². The van der Waals surface area contributed by atoms with Crippen LogP contribution in [-0.4, -0.2) is 45.4 Å². The fourth-order valence-corrected chi connectivity index (χ4v) is 3.68. The Kier molecular flexibility index (Phi) is 6.56. The van der Waals surface area contributed by atoms with E-state index in [1.165, 1.54) is 17.1 Å². The van der Waals surface area contributed by atoms with Crippen LogP contribution >= 0.6 is 11.3 Å². The van der Waals surface area contributed by atoms with Crippen LogP contribution in [0.25, 0.3) is 10.1 Å². The molecule has 0 amide bonds. The Morgan fingerprint density at radius 2 is 2.25 bits per heavy atom. The summed E-state index contributed by atoms with van der Waals surface area (Å²) in [6.07, 6.45) is 1.93. The minimum Gasteiger partial charge on any atom is -0.386 e. The molecule has 9 nitrogen and oxygen atoms in total. The maximum Gasteiger partial charge on any atom is 0.306 e. The van der Waals surface area contributed by atoms with Crippen LogP contribution in [0.2, 0.25) is 0 Å². The van der Waals surface area contributed by atoms with E-state index in [4.69, 9.17) is 0 Å². The van der Waals surface area contributed by atoms with Crippen molar-refractivity contribution in [1.29, 1.82) is 0 Å². The second kappa shape index (κ2) is 9.29. The van der Waals surface area contributed by atoms with Gasteiger partial charge in [0.1, 0.15) is 18.5 Å². The molecule has 1 aromatic carbocycles. The summed E-state index contributed by atoms with van der Waals surface area (Å²) in [6.45, 7) is 3.81. The summed E-state index contributed by atoms with van der Waals surface area (Å²) in [6, 6.07) is 10.0. The van der Waals surface area contributed by atoms with Crippen molar-refractivity contribution < 1.29 is 10.0 Å². The van der Waals surface area contributed by atoms with Crippen molar-refractivity contribution in [2.75, 3.05) is 19.6 Å². The van der Waals surface area contributed by atoms with Gasteiger partial charge in [0.15, 0.2) is 5.96 Å². The first kappa shape index (κ1) is 19.8. The Morgan fingerprint density at radius 3 is 2.96 bits per heavy atom. The molecule has 0 aliphatic carbocycles. The molecule has 148 valence electrons. The SMILES string of the molecule is CCNC(=NCC(O)c1cc2ccccc2s1)NCCn1cc([N+](=O)[O-])cn1. The third-order valence-corrected chi connectivity index (χ3v) is 5.22. The number of thiophene rings is 1. The molecule has 0 fully saturated rings. The molecule has 2 heterocycles. The molecule has 3 aromatic rings. The van der Waals surface area contributed by atoms with Crippen LogP contribution in [0.4, 0.5) is 5.69 Å². The lowest BCUT2D eigenvalue weighted by molar-refractivity contribution is -0.385. The minimum atomic E-state index is -0.679. The van der Waals surface area contributed by atoms with Gasteiger partial charge in [-0.15, -0.1) is 11.3 Å². The molecular weight excluding hydrogens is 380 g/mol. The number of aliphatic imine (C=N–C) groups is 1. The van der Waals surface area contributed by atoms with Gasteiger partial charge in [0.05, 0.1) is 18.0 Å². The zero-order chi connectivity index (χ0) is 19.9. The maximum atomic E-state index is 10.7. The van der Waals surface area contributed by atoms with Crippen molar-refractivity contribution in [3.05, 3.63) is 57.7 Å². The van der Waals surface area contributed by atoms with Crippen LogP contribution in [0.15, 0.2) is 47.7 Å². The predicted octanol–water partition coefficient (Wildman–Crippen LogP) is 2.29. The summed E-state index contributed by atoms with van der Waals surface area (Å²) in [5.74, 6) is 0.573. The number of nitrogens with one attached hydrogen (secondary N) is 2. The second-order valence-corrected chi connectivity index (χ2v) is 7.18.